The Morgan fingerprint density at radius 1 is 0.929 bits per heavy atom. The van der Waals surface area contributed by atoms with Crippen LogP contribution in [0.3, 0.4) is 0 Å². The van der Waals surface area contributed by atoms with E-state index < -0.39 is 26.7 Å². The Balaban J connectivity index is 1.91. The van der Waals surface area contributed by atoms with Gasteiger partial charge in [0.25, 0.3) is 0 Å². The molecule has 0 unspecified atom stereocenters. The van der Waals surface area contributed by atoms with E-state index in [4.69, 9.17) is 4.42 Å². The van der Waals surface area contributed by atoms with Crippen molar-refractivity contribution in [2.45, 2.75) is 24.0 Å². The lowest BCUT2D eigenvalue weighted by molar-refractivity contribution is -0.137. The molecule has 0 N–H and O–H groups in total. The Labute approximate surface area is 161 Å². The maximum atomic E-state index is 13.1. The summed E-state index contributed by atoms with van der Waals surface area (Å²) >= 11 is 0. The highest BCUT2D eigenvalue weighted by molar-refractivity contribution is 7.89. The van der Waals surface area contributed by atoms with Crippen LogP contribution >= 0.6 is 0 Å². The van der Waals surface area contributed by atoms with Gasteiger partial charge < -0.3 is 4.42 Å². The fourth-order valence-corrected chi connectivity index (χ4v) is 4.19. The number of benzene rings is 2. The van der Waals surface area contributed by atoms with Gasteiger partial charge in [-0.3, -0.25) is 0 Å². The normalized spacial score (nSPS) is 12.4. The van der Waals surface area contributed by atoms with Crippen LogP contribution in [0.1, 0.15) is 16.9 Å². The van der Waals surface area contributed by atoms with Crippen molar-refractivity contribution in [2.24, 2.45) is 0 Å². The van der Waals surface area contributed by atoms with Gasteiger partial charge in [-0.05, 0) is 42.3 Å². The number of rotatable bonds is 7. The van der Waals surface area contributed by atoms with Gasteiger partial charge in [-0.1, -0.05) is 36.4 Å². The third-order valence-corrected chi connectivity index (χ3v) is 6.05. The predicted molar refractivity (Wildman–Crippen MR) is 97.9 cm³/mol. The zero-order valence-electron chi connectivity index (χ0n) is 14.8. The first-order chi connectivity index (χ1) is 13.3. The molecular weight excluding hydrogens is 391 g/mol. The van der Waals surface area contributed by atoms with Crippen LogP contribution in [0.2, 0.25) is 0 Å². The molecule has 1 aromatic heterocycles. The van der Waals surface area contributed by atoms with Crippen molar-refractivity contribution in [3.8, 4) is 0 Å². The number of alkyl halides is 3. The fourth-order valence-electron chi connectivity index (χ4n) is 2.74. The Bertz CT molecular complexity index is 1000. The number of nitrogens with zero attached hydrogens (tertiary/aromatic N) is 1. The minimum Gasteiger partial charge on any atom is -0.468 e. The van der Waals surface area contributed by atoms with Crippen molar-refractivity contribution in [3.05, 3.63) is 89.9 Å². The Morgan fingerprint density at radius 2 is 1.68 bits per heavy atom. The van der Waals surface area contributed by atoms with Crippen molar-refractivity contribution in [2.75, 3.05) is 6.54 Å². The van der Waals surface area contributed by atoms with Crippen molar-refractivity contribution in [1.82, 2.24) is 4.31 Å². The third-order valence-electron chi connectivity index (χ3n) is 4.20. The molecule has 0 bridgehead atoms. The molecule has 0 saturated carbocycles. The number of hydrogen-bond donors (Lipinski definition) is 0. The quantitative estimate of drug-likeness (QED) is 0.567. The summed E-state index contributed by atoms with van der Waals surface area (Å²) in [6.07, 6.45) is -2.79. The first kappa shape index (κ1) is 20.2. The molecule has 0 amide bonds. The molecule has 4 nitrogen and oxygen atoms in total. The van der Waals surface area contributed by atoms with E-state index in [-0.39, 0.29) is 13.1 Å². The van der Waals surface area contributed by atoms with E-state index in [1.807, 2.05) is 30.3 Å². The van der Waals surface area contributed by atoms with E-state index in [0.717, 1.165) is 22.0 Å². The molecule has 2 aromatic carbocycles. The molecule has 0 radical (unpaired) electrons. The smallest absolute Gasteiger partial charge is 0.416 e. The first-order valence-corrected chi connectivity index (χ1v) is 9.94. The summed E-state index contributed by atoms with van der Waals surface area (Å²) in [6, 6.07) is 16.3. The summed E-state index contributed by atoms with van der Waals surface area (Å²) in [4.78, 5) is -0.401. The Kier molecular flexibility index (Phi) is 5.90. The van der Waals surface area contributed by atoms with Crippen LogP contribution in [0, 0.1) is 0 Å². The summed E-state index contributed by atoms with van der Waals surface area (Å²) in [5, 5.41) is 0. The molecule has 0 fully saturated rings. The second-order valence-corrected chi connectivity index (χ2v) is 8.12. The van der Waals surface area contributed by atoms with Gasteiger partial charge in [-0.25, -0.2) is 8.42 Å². The summed E-state index contributed by atoms with van der Waals surface area (Å²) in [5.41, 5.74) is -0.0826. The number of halogens is 3. The number of sulfonamides is 1. The standard InChI is InChI=1S/C20H18F3NO3S/c21-20(22,23)17-8-4-10-19(14-17)28(25,26)24(15-18-9-5-13-27-18)12-11-16-6-2-1-3-7-16/h1-10,13-14H,11-12,15H2. The van der Waals surface area contributed by atoms with Crippen LogP contribution in [0.5, 0.6) is 0 Å². The van der Waals surface area contributed by atoms with Gasteiger partial charge in [0.2, 0.25) is 10.0 Å². The van der Waals surface area contributed by atoms with Crippen LogP contribution in [0.25, 0.3) is 0 Å². The van der Waals surface area contributed by atoms with Gasteiger partial charge >= 0.3 is 6.18 Å². The molecule has 0 aliphatic carbocycles. The molecule has 148 valence electrons. The largest absolute Gasteiger partial charge is 0.468 e. The minimum absolute atomic E-state index is 0.0710. The van der Waals surface area contributed by atoms with Gasteiger partial charge in [-0.15, -0.1) is 0 Å². The molecule has 0 saturated heterocycles. The molecule has 3 aromatic rings. The molecule has 0 aliphatic rings. The van der Waals surface area contributed by atoms with E-state index in [1.165, 1.54) is 12.3 Å². The molecular formula is C20H18F3NO3S. The maximum Gasteiger partial charge on any atom is 0.416 e. The third kappa shape index (κ3) is 4.82. The Morgan fingerprint density at radius 3 is 2.32 bits per heavy atom. The molecule has 1 heterocycles. The summed E-state index contributed by atoms with van der Waals surface area (Å²) in [7, 11) is -4.16. The molecule has 0 atom stereocenters. The fraction of sp³-hybridized carbons (Fsp3) is 0.200. The van der Waals surface area contributed by atoms with Gasteiger partial charge in [0, 0.05) is 6.54 Å². The lowest BCUT2D eigenvalue weighted by Crippen LogP contribution is -2.32. The number of hydrogen-bond acceptors (Lipinski definition) is 3. The monoisotopic (exact) mass is 409 g/mol. The summed E-state index contributed by atoms with van der Waals surface area (Å²) < 4.78 is 71.5. The second kappa shape index (κ2) is 8.20. The molecule has 0 aliphatic heterocycles. The Hall–Kier alpha value is -2.58. The van der Waals surface area contributed by atoms with Gasteiger partial charge in [-0.2, -0.15) is 17.5 Å². The zero-order chi connectivity index (χ0) is 20.2. The predicted octanol–water partition coefficient (Wildman–Crippen LogP) is 4.73. The zero-order valence-corrected chi connectivity index (χ0v) is 15.6. The first-order valence-electron chi connectivity index (χ1n) is 8.50. The van der Waals surface area contributed by atoms with Crippen LogP contribution in [0.15, 0.2) is 82.3 Å². The van der Waals surface area contributed by atoms with Crippen molar-refractivity contribution >= 4 is 10.0 Å². The maximum absolute atomic E-state index is 13.1. The average Bonchev–Trinajstić information content (AvgIpc) is 3.18. The van der Waals surface area contributed by atoms with Crippen molar-refractivity contribution in [1.29, 1.82) is 0 Å². The van der Waals surface area contributed by atoms with E-state index in [2.05, 4.69) is 0 Å². The van der Waals surface area contributed by atoms with Crippen molar-refractivity contribution in [3.63, 3.8) is 0 Å². The van der Waals surface area contributed by atoms with Gasteiger partial charge in [0.1, 0.15) is 5.76 Å². The van der Waals surface area contributed by atoms with Gasteiger partial charge in [0.05, 0.1) is 23.3 Å². The van der Waals surface area contributed by atoms with E-state index in [1.54, 1.807) is 12.1 Å². The highest BCUT2D eigenvalue weighted by Crippen LogP contribution is 2.31. The lowest BCUT2D eigenvalue weighted by Gasteiger charge is -2.22. The van der Waals surface area contributed by atoms with Crippen LogP contribution in [-0.2, 0) is 29.2 Å². The van der Waals surface area contributed by atoms with Crippen molar-refractivity contribution < 1.29 is 26.0 Å². The minimum atomic E-state index is -4.62. The average molecular weight is 409 g/mol. The molecule has 3 rings (SSSR count). The van der Waals surface area contributed by atoms with Crippen LogP contribution < -0.4 is 0 Å². The summed E-state index contributed by atoms with van der Waals surface area (Å²) in [5.74, 6) is 0.406. The number of furan rings is 1. The summed E-state index contributed by atoms with van der Waals surface area (Å²) in [6.45, 7) is 0.0295. The van der Waals surface area contributed by atoms with E-state index in [9.17, 15) is 21.6 Å². The van der Waals surface area contributed by atoms with E-state index in [0.29, 0.717) is 18.2 Å². The van der Waals surface area contributed by atoms with Crippen LogP contribution in [-0.4, -0.2) is 19.3 Å². The van der Waals surface area contributed by atoms with Gasteiger partial charge in [0.15, 0.2) is 0 Å². The molecule has 0 spiro atoms. The SMILES string of the molecule is O=S(=O)(c1cccc(C(F)(F)F)c1)N(CCc1ccccc1)Cc1ccco1. The lowest BCUT2D eigenvalue weighted by atomic mass is 10.1. The highest BCUT2D eigenvalue weighted by atomic mass is 32.2. The second-order valence-electron chi connectivity index (χ2n) is 6.18. The van der Waals surface area contributed by atoms with Crippen LogP contribution in [0.4, 0.5) is 13.2 Å². The van der Waals surface area contributed by atoms with E-state index >= 15 is 0 Å². The topological polar surface area (TPSA) is 50.5 Å². The molecule has 28 heavy (non-hydrogen) atoms. The highest BCUT2D eigenvalue weighted by Gasteiger charge is 2.33. The molecule has 8 heteroatoms.